The number of aromatic nitrogens is 2. The number of nitrogens with zero attached hydrogens (tertiary/aromatic N) is 3. The van der Waals surface area contributed by atoms with Crippen molar-refractivity contribution in [1.29, 1.82) is 0 Å². The fourth-order valence-electron chi connectivity index (χ4n) is 2.64. The monoisotopic (exact) mass is 301 g/mol. The standard InChI is InChI=1S/C16H19N3O3/c1-11-15(8-16(21)18-9-14(20)10-22-18)12(2)19(17-11)13-6-4-3-5-7-13/h3-7,14,20H,8-10H2,1-2H3/t14-/m1/s1. The molecule has 0 radical (unpaired) electrons. The van der Waals surface area contributed by atoms with E-state index < -0.39 is 6.10 Å². The number of aliphatic hydroxyl groups is 1. The molecule has 1 aliphatic heterocycles. The average molecular weight is 301 g/mol. The molecule has 1 aromatic carbocycles. The molecule has 0 unspecified atom stereocenters. The van der Waals surface area contributed by atoms with Crippen molar-refractivity contribution in [2.24, 2.45) is 0 Å². The molecule has 1 fully saturated rings. The first-order chi connectivity index (χ1) is 10.6. The maximum atomic E-state index is 12.3. The summed E-state index contributed by atoms with van der Waals surface area (Å²) in [6, 6.07) is 9.82. The second-order valence-electron chi connectivity index (χ2n) is 5.48. The van der Waals surface area contributed by atoms with Crippen LogP contribution in [0.25, 0.3) is 5.69 Å². The van der Waals surface area contributed by atoms with Crippen LogP contribution >= 0.6 is 0 Å². The van der Waals surface area contributed by atoms with E-state index in [-0.39, 0.29) is 25.5 Å². The maximum absolute atomic E-state index is 12.3. The molecule has 0 aliphatic carbocycles. The molecule has 3 rings (SSSR count). The minimum absolute atomic E-state index is 0.157. The Balaban J connectivity index is 1.83. The van der Waals surface area contributed by atoms with E-state index in [1.807, 2.05) is 48.9 Å². The Kier molecular flexibility index (Phi) is 3.96. The van der Waals surface area contributed by atoms with Gasteiger partial charge in [-0.05, 0) is 26.0 Å². The number of hydrogen-bond acceptors (Lipinski definition) is 4. The lowest BCUT2D eigenvalue weighted by molar-refractivity contribution is -0.167. The van der Waals surface area contributed by atoms with Gasteiger partial charge in [-0.25, -0.2) is 9.75 Å². The third-order valence-electron chi connectivity index (χ3n) is 3.85. The number of carbonyl (C=O) groups is 1. The summed E-state index contributed by atoms with van der Waals surface area (Å²) in [5.74, 6) is -0.157. The summed E-state index contributed by atoms with van der Waals surface area (Å²) in [6.45, 7) is 4.25. The van der Waals surface area contributed by atoms with Crippen LogP contribution in [0.1, 0.15) is 17.0 Å². The van der Waals surface area contributed by atoms with Gasteiger partial charge in [0.25, 0.3) is 5.91 Å². The predicted octanol–water partition coefficient (Wildman–Crippen LogP) is 1.17. The Morgan fingerprint density at radius 2 is 2.09 bits per heavy atom. The number of rotatable bonds is 3. The minimum atomic E-state index is -0.599. The van der Waals surface area contributed by atoms with Crippen molar-refractivity contribution in [2.45, 2.75) is 26.4 Å². The number of β-amino-alcohol motifs (C(OH)–C–C–N with tert-alkyl or cyclic N) is 1. The van der Waals surface area contributed by atoms with E-state index in [0.717, 1.165) is 22.6 Å². The second kappa shape index (κ2) is 5.90. The van der Waals surface area contributed by atoms with Crippen LogP contribution in [-0.2, 0) is 16.1 Å². The van der Waals surface area contributed by atoms with Gasteiger partial charge in [0.05, 0.1) is 30.5 Å². The molecule has 1 N–H and O–H groups in total. The molecule has 2 aromatic rings. The number of hydroxylamine groups is 2. The Labute approximate surface area is 128 Å². The molecule has 1 aliphatic rings. The number of aliphatic hydroxyl groups excluding tert-OH is 1. The first kappa shape index (κ1) is 14.7. The van der Waals surface area contributed by atoms with Gasteiger partial charge < -0.3 is 5.11 Å². The zero-order chi connectivity index (χ0) is 15.7. The molecule has 2 heterocycles. The van der Waals surface area contributed by atoms with Gasteiger partial charge in [0.1, 0.15) is 6.61 Å². The van der Waals surface area contributed by atoms with E-state index >= 15 is 0 Å². The average Bonchev–Trinajstić information content (AvgIpc) is 3.07. The van der Waals surface area contributed by atoms with Crippen LogP contribution < -0.4 is 0 Å². The van der Waals surface area contributed by atoms with E-state index in [0.29, 0.717) is 0 Å². The third kappa shape index (κ3) is 2.75. The lowest BCUT2D eigenvalue weighted by Crippen LogP contribution is -2.30. The molecule has 1 amide bonds. The van der Waals surface area contributed by atoms with Gasteiger partial charge in [-0.3, -0.25) is 9.63 Å². The van der Waals surface area contributed by atoms with Crippen LogP contribution in [0, 0.1) is 13.8 Å². The zero-order valence-electron chi connectivity index (χ0n) is 12.7. The third-order valence-corrected chi connectivity index (χ3v) is 3.85. The highest BCUT2D eigenvalue weighted by Crippen LogP contribution is 2.19. The van der Waals surface area contributed by atoms with Crippen molar-refractivity contribution in [3.8, 4) is 5.69 Å². The van der Waals surface area contributed by atoms with Crippen LogP contribution in [0.4, 0.5) is 0 Å². The van der Waals surface area contributed by atoms with E-state index in [9.17, 15) is 9.90 Å². The highest BCUT2D eigenvalue weighted by molar-refractivity contribution is 5.78. The summed E-state index contributed by atoms with van der Waals surface area (Å²) < 4.78 is 1.84. The van der Waals surface area contributed by atoms with Crippen molar-refractivity contribution in [3.63, 3.8) is 0 Å². The van der Waals surface area contributed by atoms with Gasteiger partial charge in [0.15, 0.2) is 0 Å². The lowest BCUT2D eigenvalue weighted by Gasteiger charge is -2.13. The predicted molar refractivity (Wildman–Crippen MR) is 80.4 cm³/mol. The number of carbonyl (C=O) groups excluding carboxylic acids is 1. The summed E-state index contributed by atoms with van der Waals surface area (Å²) in [6.07, 6.45) is -0.379. The molecule has 0 bridgehead atoms. The summed E-state index contributed by atoms with van der Waals surface area (Å²) in [5.41, 5.74) is 3.64. The highest BCUT2D eigenvalue weighted by Gasteiger charge is 2.27. The highest BCUT2D eigenvalue weighted by atomic mass is 16.7. The van der Waals surface area contributed by atoms with Crippen molar-refractivity contribution in [1.82, 2.24) is 14.8 Å². The molecule has 0 spiro atoms. The van der Waals surface area contributed by atoms with Crippen LogP contribution in [-0.4, -0.2) is 45.1 Å². The van der Waals surface area contributed by atoms with E-state index in [2.05, 4.69) is 5.10 Å². The van der Waals surface area contributed by atoms with Gasteiger partial charge >= 0.3 is 0 Å². The fourth-order valence-corrected chi connectivity index (χ4v) is 2.64. The van der Waals surface area contributed by atoms with Crippen molar-refractivity contribution in [2.75, 3.05) is 13.2 Å². The molecular weight excluding hydrogens is 282 g/mol. The number of hydrogen-bond donors (Lipinski definition) is 1. The fraction of sp³-hybridized carbons (Fsp3) is 0.375. The molecule has 0 saturated carbocycles. The quantitative estimate of drug-likeness (QED) is 0.924. The van der Waals surface area contributed by atoms with E-state index in [1.165, 1.54) is 5.06 Å². The molecule has 1 atom stereocenters. The summed E-state index contributed by atoms with van der Waals surface area (Å²) >= 11 is 0. The summed E-state index contributed by atoms with van der Waals surface area (Å²) in [5, 5.41) is 15.2. The zero-order valence-corrected chi connectivity index (χ0v) is 12.7. The van der Waals surface area contributed by atoms with Crippen LogP contribution in [0.3, 0.4) is 0 Å². The van der Waals surface area contributed by atoms with Crippen molar-refractivity contribution >= 4 is 5.91 Å². The van der Waals surface area contributed by atoms with E-state index in [4.69, 9.17) is 4.84 Å². The van der Waals surface area contributed by atoms with Crippen LogP contribution in [0.5, 0.6) is 0 Å². The van der Waals surface area contributed by atoms with Gasteiger partial charge in [0.2, 0.25) is 0 Å². The Morgan fingerprint density at radius 3 is 2.73 bits per heavy atom. The maximum Gasteiger partial charge on any atom is 0.250 e. The van der Waals surface area contributed by atoms with Crippen molar-refractivity contribution in [3.05, 3.63) is 47.3 Å². The molecule has 6 nitrogen and oxygen atoms in total. The number of para-hydroxylation sites is 1. The SMILES string of the molecule is Cc1nn(-c2ccccc2)c(C)c1CC(=O)N1C[C@@H](O)CO1. The molecular formula is C16H19N3O3. The smallest absolute Gasteiger partial charge is 0.250 e. The van der Waals surface area contributed by atoms with Crippen LogP contribution in [0.2, 0.25) is 0 Å². The first-order valence-corrected chi connectivity index (χ1v) is 7.28. The normalized spacial score (nSPS) is 18.0. The summed E-state index contributed by atoms with van der Waals surface area (Å²) in [4.78, 5) is 17.4. The van der Waals surface area contributed by atoms with Gasteiger partial charge in [-0.1, -0.05) is 18.2 Å². The van der Waals surface area contributed by atoms with Gasteiger partial charge in [-0.15, -0.1) is 0 Å². The molecule has 1 saturated heterocycles. The number of benzene rings is 1. The van der Waals surface area contributed by atoms with Crippen molar-refractivity contribution < 1.29 is 14.7 Å². The molecule has 116 valence electrons. The Bertz CT molecular complexity index is 681. The Morgan fingerprint density at radius 1 is 1.36 bits per heavy atom. The van der Waals surface area contributed by atoms with Gasteiger partial charge in [0, 0.05) is 11.3 Å². The first-order valence-electron chi connectivity index (χ1n) is 7.28. The topological polar surface area (TPSA) is 67.6 Å². The number of amides is 1. The summed E-state index contributed by atoms with van der Waals surface area (Å²) in [7, 11) is 0. The number of aryl methyl sites for hydroxylation is 1. The second-order valence-corrected chi connectivity index (χ2v) is 5.48. The largest absolute Gasteiger partial charge is 0.389 e. The van der Waals surface area contributed by atoms with E-state index in [1.54, 1.807) is 0 Å². The lowest BCUT2D eigenvalue weighted by atomic mass is 10.1. The van der Waals surface area contributed by atoms with Crippen LogP contribution in [0.15, 0.2) is 30.3 Å². The molecule has 6 heteroatoms. The molecule has 1 aromatic heterocycles. The molecule has 22 heavy (non-hydrogen) atoms. The van der Waals surface area contributed by atoms with Gasteiger partial charge in [-0.2, -0.15) is 5.10 Å². The minimum Gasteiger partial charge on any atom is -0.389 e. The Hall–Kier alpha value is -2.18.